The molecule has 2 unspecified atom stereocenters. The lowest BCUT2D eigenvalue weighted by Crippen LogP contribution is -3.13. The van der Waals surface area contributed by atoms with Crippen LogP contribution in [0.2, 0.25) is 0 Å². The van der Waals surface area contributed by atoms with Crippen LogP contribution in [0.1, 0.15) is 39.5 Å². The molecule has 0 aliphatic carbocycles. The summed E-state index contributed by atoms with van der Waals surface area (Å²) in [5.74, 6) is 0. The molecule has 0 radical (unpaired) electrons. The van der Waals surface area contributed by atoms with Gasteiger partial charge in [0.1, 0.15) is 6.17 Å². The Morgan fingerprint density at radius 3 is 2.23 bits per heavy atom. The van der Waals surface area contributed by atoms with Crippen molar-refractivity contribution in [3.05, 3.63) is 5.21 Å². The minimum atomic E-state index is 0.136. The van der Waals surface area contributed by atoms with Gasteiger partial charge in [-0.1, -0.05) is 20.3 Å². The summed E-state index contributed by atoms with van der Waals surface area (Å²) >= 11 is 0. The average Bonchev–Trinajstić information content (AvgIpc) is 2.05. The number of unbranched alkanes of at least 4 members (excludes halogenated alkanes) is 2. The normalized spacial score (nSPS) is 16.2. The Kier molecular flexibility index (Phi) is 7.23. The number of rotatable bonds is 7. The van der Waals surface area contributed by atoms with E-state index >= 15 is 0 Å². The summed E-state index contributed by atoms with van der Waals surface area (Å²) in [6.45, 7) is 4.99. The van der Waals surface area contributed by atoms with Gasteiger partial charge in [0.15, 0.2) is 0 Å². The first-order valence-corrected chi connectivity index (χ1v) is 5.32. The van der Waals surface area contributed by atoms with E-state index < -0.39 is 0 Å². The molecule has 3 heteroatoms. The fourth-order valence-electron chi connectivity index (χ4n) is 1.60. The predicted octanol–water partition coefficient (Wildman–Crippen LogP) is 0.857. The molecule has 0 aliphatic rings. The zero-order valence-corrected chi connectivity index (χ0v) is 9.47. The van der Waals surface area contributed by atoms with Crippen LogP contribution in [0.3, 0.4) is 0 Å². The van der Waals surface area contributed by atoms with Crippen molar-refractivity contribution in [2.24, 2.45) is 0 Å². The Morgan fingerprint density at radius 2 is 1.85 bits per heavy atom. The standard InChI is InChI=1S/C10H24N2O/c1-5-7-8-9-12(13)10(6-2)11(3)4/h10,12H,5-9H2,1-4H3. The molecule has 0 fully saturated rings. The van der Waals surface area contributed by atoms with Gasteiger partial charge in [0, 0.05) is 6.42 Å². The van der Waals surface area contributed by atoms with Crippen molar-refractivity contribution in [3.63, 3.8) is 0 Å². The van der Waals surface area contributed by atoms with Crippen LogP contribution in [0.5, 0.6) is 0 Å². The second kappa shape index (κ2) is 7.30. The number of hydroxylamine groups is 2. The highest BCUT2D eigenvalue weighted by atomic mass is 16.5. The van der Waals surface area contributed by atoms with Crippen molar-refractivity contribution in [2.75, 3.05) is 20.6 Å². The molecule has 0 aromatic rings. The monoisotopic (exact) mass is 188 g/mol. The van der Waals surface area contributed by atoms with Crippen LogP contribution in [-0.4, -0.2) is 31.7 Å². The van der Waals surface area contributed by atoms with Gasteiger partial charge >= 0.3 is 0 Å². The summed E-state index contributed by atoms with van der Waals surface area (Å²) in [6, 6.07) is 0. The van der Waals surface area contributed by atoms with Gasteiger partial charge in [-0.3, -0.25) is 4.90 Å². The maximum Gasteiger partial charge on any atom is 0.142 e. The van der Waals surface area contributed by atoms with Crippen LogP contribution in [0.4, 0.5) is 0 Å². The minimum absolute atomic E-state index is 0.136. The Hall–Kier alpha value is -0.120. The van der Waals surface area contributed by atoms with E-state index in [4.69, 9.17) is 0 Å². The van der Waals surface area contributed by atoms with Crippen molar-refractivity contribution in [1.82, 2.24) is 4.90 Å². The highest BCUT2D eigenvalue weighted by molar-refractivity contribution is 4.49. The molecule has 3 nitrogen and oxygen atoms in total. The lowest BCUT2D eigenvalue weighted by molar-refractivity contribution is -0.888. The molecular formula is C10H24N2O. The molecule has 0 spiro atoms. The van der Waals surface area contributed by atoms with E-state index in [9.17, 15) is 5.21 Å². The summed E-state index contributed by atoms with van der Waals surface area (Å²) in [6.07, 6.45) is 4.48. The first-order valence-electron chi connectivity index (χ1n) is 5.32. The second-order valence-electron chi connectivity index (χ2n) is 3.81. The molecule has 0 saturated carbocycles. The van der Waals surface area contributed by atoms with Crippen molar-refractivity contribution in [3.8, 4) is 0 Å². The van der Waals surface area contributed by atoms with Gasteiger partial charge in [0.25, 0.3) is 0 Å². The lowest BCUT2D eigenvalue weighted by Gasteiger charge is -2.34. The topological polar surface area (TPSA) is 30.7 Å². The first kappa shape index (κ1) is 12.9. The Morgan fingerprint density at radius 1 is 1.23 bits per heavy atom. The fraction of sp³-hybridized carbons (Fsp3) is 1.00. The van der Waals surface area contributed by atoms with Crippen LogP contribution < -0.4 is 5.06 Å². The molecule has 1 N–H and O–H groups in total. The molecule has 2 atom stereocenters. The largest absolute Gasteiger partial charge is 0.633 e. The average molecular weight is 188 g/mol. The molecule has 80 valence electrons. The summed E-state index contributed by atoms with van der Waals surface area (Å²) < 4.78 is 0. The van der Waals surface area contributed by atoms with Gasteiger partial charge in [-0.2, -0.15) is 0 Å². The van der Waals surface area contributed by atoms with Gasteiger partial charge in [0.05, 0.1) is 6.54 Å². The molecule has 0 amide bonds. The number of hydrogen-bond acceptors (Lipinski definition) is 2. The SMILES string of the molecule is CCCCC[NH+]([O-])C(CC)N(C)C. The van der Waals surface area contributed by atoms with E-state index in [1.165, 1.54) is 12.8 Å². The van der Waals surface area contributed by atoms with Crippen molar-refractivity contribution < 1.29 is 5.06 Å². The number of quaternary nitrogens is 1. The van der Waals surface area contributed by atoms with E-state index in [2.05, 4.69) is 13.8 Å². The van der Waals surface area contributed by atoms with Crippen LogP contribution in [0, 0.1) is 5.21 Å². The first-order chi connectivity index (χ1) is 6.13. The summed E-state index contributed by atoms with van der Waals surface area (Å²) in [5.41, 5.74) is 0. The van der Waals surface area contributed by atoms with Gasteiger partial charge in [-0.15, -0.1) is 0 Å². The van der Waals surface area contributed by atoms with E-state index in [0.29, 0.717) is 5.06 Å². The van der Waals surface area contributed by atoms with E-state index in [0.717, 1.165) is 19.4 Å². The third kappa shape index (κ3) is 5.24. The summed E-state index contributed by atoms with van der Waals surface area (Å²) in [4.78, 5) is 2.02. The molecule has 0 saturated heterocycles. The minimum Gasteiger partial charge on any atom is -0.633 e. The van der Waals surface area contributed by atoms with Gasteiger partial charge in [-0.05, 0) is 26.9 Å². The third-order valence-corrected chi connectivity index (χ3v) is 2.41. The maximum absolute atomic E-state index is 11.6. The molecule has 0 rings (SSSR count). The fourth-order valence-corrected chi connectivity index (χ4v) is 1.60. The van der Waals surface area contributed by atoms with Gasteiger partial charge in [0.2, 0.25) is 0 Å². The number of hydrogen-bond donors (Lipinski definition) is 1. The summed E-state index contributed by atoms with van der Waals surface area (Å²) in [7, 11) is 3.96. The molecule has 0 aliphatic heterocycles. The highest BCUT2D eigenvalue weighted by Crippen LogP contribution is 1.92. The maximum atomic E-state index is 11.6. The molecule has 0 heterocycles. The van der Waals surface area contributed by atoms with Crippen molar-refractivity contribution in [1.29, 1.82) is 0 Å². The molecular weight excluding hydrogens is 164 g/mol. The third-order valence-electron chi connectivity index (χ3n) is 2.41. The molecule has 13 heavy (non-hydrogen) atoms. The van der Waals surface area contributed by atoms with E-state index in [-0.39, 0.29) is 6.17 Å². The zero-order valence-electron chi connectivity index (χ0n) is 9.47. The van der Waals surface area contributed by atoms with Crippen molar-refractivity contribution >= 4 is 0 Å². The van der Waals surface area contributed by atoms with Crippen molar-refractivity contribution in [2.45, 2.75) is 45.7 Å². The van der Waals surface area contributed by atoms with E-state index in [1.807, 2.05) is 19.0 Å². The Bertz CT molecular complexity index is 117. The molecule has 0 aromatic heterocycles. The molecule has 0 aromatic carbocycles. The Balaban J connectivity index is 3.70. The highest BCUT2D eigenvalue weighted by Gasteiger charge is 2.14. The Labute approximate surface area is 82.3 Å². The zero-order chi connectivity index (χ0) is 10.3. The van der Waals surface area contributed by atoms with Gasteiger partial charge in [-0.25, -0.2) is 0 Å². The number of nitrogens with one attached hydrogen (secondary N) is 1. The van der Waals surface area contributed by atoms with Crippen LogP contribution in [0.25, 0.3) is 0 Å². The number of nitrogens with zero attached hydrogens (tertiary/aromatic N) is 1. The summed E-state index contributed by atoms with van der Waals surface area (Å²) in [5, 5.41) is 12.1. The quantitative estimate of drug-likeness (QED) is 0.365. The predicted molar refractivity (Wildman–Crippen MR) is 56.5 cm³/mol. The van der Waals surface area contributed by atoms with Crippen LogP contribution in [0.15, 0.2) is 0 Å². The van der Waals surface area contributed by atoms with Gasteiger partial charge < -0.3 is 10.3 Å². The van der Waals surface area contributed by atoms with Crippen LogP contribution >= 0.6 is 0 Å². The van der Waals surface area contributed by atoms with Crippen LogP contribution in [-0.2, 0) is 0 Å². The second-order valence-corrected chi connectivity index (χ2v) is 3.81. The smallest absolute Gasteiger partial charge is 0.142 e. The lowest BCUT2D eigenvalue weighted by atomic mass is 10.2. The van der Waals surface area contributed by atoms with E-state index in [1.54, 1.807) is 0 Å². The molecule has 0 bridgehead atoms.